The maximum absolute atomic E-state index is 11.7. The molecule has 5 heteroatoms. The zero-order valence-corrected chi connectivity index (χ0v) is 10.1. The lowest BCUT2D eigenvalue weighted by Crippen LogP contribution is -2.36. The summed E-state index contributed by atoms with van der Waals surface area (Å²) < 4.78 is 1.75. The number of rotatable bonds is 5. The Bertz CT molecular complexity index is 346. The number of anilines is 1. The lowest BCUT2D eigenvalue weighted by Gasteiger charge is -2.12. The van der Waals surface area contributed by atoms with Crippen LogP contribution < -0.4 is 11.1 Å². The van der Waals surface area contributed by atoms with Crippen LogP contribution >= 0.6 is 0 Å². The molecule has 0 saturated carbocycles. The van der Waals surface area contributed by atoms with Gasteiger partial charge in [-0.1, -0.05) is 13.8 Å². The lowest BCUT2D eigenvalue weighted by molar-refractivity contribution is -0.117. The Labute approximate surface area is 96.0 Å². The molecule has 0 aliphatic rings. The third-order valence-electron chi connectivity index (χ3n) is 2.29. The topological polar surface area (TPSA) is 72.9 Å². The van der Waals surface area contributed by atoms with E-state index in [9.17, 15) is 4.79 Å². The van der Waals surface area contributed by atoms with Gasteiger partial charge in [-0.3, -0.25) is 9.48 Å². The molecule has 0 aromatic carbocycles. The van der Waals surface area contributed by atoms with Crippen molar-refractivity contribution in [3.05, 3.63) is 12.4 Å². The van der Waals surface area contributed by atoms with Crippen molar-refractivity contribution >= 4 is 11.6 Å². The highest BCUT2D eigenvalue weighted by Gasteiger charge is 2.15. The van der Waals surface area contributed by atoms with Crippen LogP contribution in [0.4, 0.5) is 5.69 Å². The summed E-state index contributed by atoms with van der Waals surface area (Å²) in [6.07, 6.45) is 4.11. The molecule has 3 N–H and O–H groups in total. The Hall–Kier alpha value is -1.36. The van der Waals surface area contributed by atoms with Crippen LogP contribution in [0.15, 0.2) is 12.4 Å². The third-order valence-corrected chi connectivity index (χ3v) is 2.29. The zero-order valence-electron chi connectivity index (χ0n) is 10.1. The van der Waals surface area contributed by atoms with E-state index in [-0.39, 0.29) is 5.91 Å². The number of hydrogen-bond acceptors (Lipinski definition) is 3. The maximum atomic E-state index is 11.7. The maximum Gasteiger partial charge on any atom is 0.241 e. The van der Waals surface area contributed by atoms with Gasteiger partial charge in [-0.05, 0) is 19.3 Å². The van der Waals surface area contributed by atoms with E-state index in [1.807, 2.05) is 20.8 Å². The van der Waals surface area contributed by atoms with Crippen molar-refractivity contribution in [2.45, 2.75) is 39.8 Å². The number of amides is 1. The smallest absolute Gasteiger partial charge is 0.241 e. The molecular formula is C11H20N4O. The van der Waals surface area contributed by atoms with Gasteiger partial charge in [0, 0.05) is 12.7 Å². The van der Waals surface area contributed by atoms with Crippen LogP contribution in [0, 0.1) is 5.92 Å². The molecule has 0 aliphatic carbocycles. The van der Waals surface area contributed by atoms with Crippen molar-refractivity contribution in [3.8, 4) is 0 Å². The summed E-state index contributed by atoms with van der Waals surface area (Å²) in [6, 6.07) is -0.454. The van der Waals surface area contributed by atoms with E-state index in [1.54, 1.807) is 17.1 Å². The first kappa shape index (κ1) is 12.7. The van der Waals surface area contributed by atoms with Crippen LogP contribution in [0.5, 0.6) is 0 Å². The van der Waals surface area contributed by atoms with E-state index in [1.165, 1.54) is 0 Å². The van der Waals surface area contributed by atoms with Gasteiger partial charge in [0.25, 0.3) is 0 Å². The summed E-state index contributed by atoms with van der Waals surface area (Å²) >= 11 is 0. The van der Waals surface area contributed by atoms with Gasteiger partial charge >= 0.3 is 0 Å². The van der Waals surface area contributed by atoms with Crippen molar-refractivity contribution in [2.75, 3.05) is 5.32 Å². The highest BCUT2D eigenvalue weighted by Crippen LogP contribution is 2.08. The largest absolute Gasteiger partial charge is 0.322 e. The van der Waals surface area contributed by atoms with Crippen LogP contribution in [0.3, 0.4) is 0 Å². The molecule has 1 amide bonds. The van der Waals surface area contributed by atoms with Gasteiger partial charge in [-0.15, -0.1) is 0 Å². The molecule has 1 aromatic rings. The molecule has 0 unspecified atom stereocenters. The fraction of sp³-hybridized carbons (Fsp3) is 0.636. The van der Waals surface area contributed by atoms with Crippen LogP contribution in [-0.4, -0.2) is 21.7 Å². The average Bonchev–Trinajstić information content (AvgIpc) is 2.64. The summed E-state index contributed by atoms with van der Waals surface area (Å²) in [5.41, 5.74) is 6.47. The number of hydrogen-bond donors (Lipinski definition) is 2. The van der Waals surface area contributed by atoms with Gasteiger partial charge in [-0.2, -0.15) is 5.10 Å². The van der Waals surface area contributed by atoms with Crippen LogP contribution in [0.25, 0.3) is 0 Å². The Morgan fingerprint density at radius 3 is 2.81 bits per heavy atom. The Kier molecular flexibility index (Phi) is 4.49. The van der Waals surface area contributed by atoms with Crippen molar-refractivity contribution in [1.29, 1.82) is 0 Å². The first-order valence-corrected chi connectivity index (χ1v) is 5.61. The van der Waals surface area contributed by atoms with Crippen molar-refractivity contribution < 1.29 is 4.79 Å². The van der Waals surface area contributed by atoms with Crippen LogP contribution in [0.1, 0.15) is 27.2 Å². The van der Waals surface area contributed by atoms with E-state index < -0.39 is 6.04 Å². The molecule has 0 fully saturated rings. The molecule has 1 rings (SSSR count). The molecule has 0 spiro atoms. The first-order chi connectivity index (χ1) is 7.52. The van der Waals surface area contributed by atoms with Gasteiger partial charge in [0.15, 0.2) is 0 Å². The number of aromatic nitrogens is 2. The number of carbonyl (C=O) groups is 1. The van der Waals surface area contributed by atoms with Crippen LogP contribution in [0.2, 0.25) is 0 Å². The Balaban J connectivity index is 2.50. The second-order valence-corrected chi connectivity index (χ2v) is 4.31. The molecular weight excluding hydrogens is 204 g/mol. The normalized spacial score (nSPS) is 12.8. The van der Waals surface area contributed by atoms with Crippen molar-refractivity contribution in [1.82, 2.24) is 9.78 Å². The van der Waals surface area contributed by atoms with E-state index in [2.05, 4.69) is 10.4 Å². The second-order valence-electron chi connectivity index (χ2n) is 4.31. The summed E-state index contributed by atoms with van der Waals surface area (Å²) in [6.45, 7) is 6.86. The lowest BCUT2D eigenvalue weighted by atomic mass is 10.0. The molecule has 1 atom stereocenters. The zero-order chi connectivity index (χ0) is 12.1. The number of carbonyl (C=O) groups excluding carboxylic acids is 1. The standard InChI is InChI=1S/C11H20N4O/c1-4-15-7-9(6-13-15)14-11(16)10(12)5-8(2)3/h6-8,10H,4-5,12H2,1-3H3,(H,14,16)/t10-/m0/s1. The summed E-state index contributed by atoms with van der Waals surface area (Å²) in [5.74, 6) is 0.267. The molecule has 0 radical (unpaired) electrons. The summed E-state index contributed by atoms with van der Waals surface area (Å²) in [7, 11) is 0. The van der Waals surface area contributed by atoms with E-state index >= 15 is 0 Å². The van der Waals surface area contributed by atoms with Gasteiger partial charge in [0.2, 0.25) is 5.91 Å². The molecule has 90 valence electrons. The average molecular weight is 224 g/mol. The van der Waals surface area contributed by atoms with Gasteiger partial charge in [0.05, 0.1) is 17.9 Å². The SMILES string of the molecule is CCn1cc(NC(=O)[C@@H](N)CC(C)C)cn1. The fourth-order valence-corrected chi connectivity index (χ4v) is 1.45. The first-order valence-electron chi connectivity index (χ1n) is 5.61. The molecule has 5 nitrogen and oxygen atoms in total. The van der Waals surface area contributed by atoms with E-state index in [0.29, 0.717) is 18.0 Å². The van der Waals surface area contributed by atoms with Gasteiger partial charge < -0.3 is 11.1 Å². The van der Waals surface area contributed by atoms with E-state index in [4.69, 9.17) is 5.73 Å². The predicted octanol–water partition coefficient (Wildman–Crippen LogP) is 1.21. The summed E-state index contributed by atoms with van der Waals surface area (Å²) in [5, 5.41) is 6.82. The molecule has 16 heavy (non-hydrogen) atoms. The molecule has 0 saturated heterocycles. The van der Waals surface area contributed by atoms with Gasteiger partial charge in [0.1, 0.15) is 0 Å². The minimum atomic E-state index is -0.454. The fourth-order valence-electron chi connectivity index (χ4n) is 1.45. The van der Waals surface area contributed by atoms with Crippen LogP contribution in [-0.2, 0) is 11.3 Å². The van der Waals surface area contributed by atoms with Crippen molar-refractivity contribution in [3.63, 3.8) is 0 Å². The minimum absolute atomic E-state index is 0.149. The molecule has 0 bridgehead atoms. The highest BCUT2D eigenvalue weighted by molar-refractivity contribution is 5.94. The third kappa shape index (κ3) is 3.66. The number of nitrogens with two attached hydrogens (primary N) is 1. The Morgan fingerprint density at radius 1 is 1.62 bits per heavy atom. The molecule has 0 aliphatic heterocycles. The Morgan fingerprint density at radius 2 is 2.31 bits per heavy atom. The predicted molar refractivity (Wildman–Crippen MR) is 64.0 cm³/mol. The van der Waals surface area contributed by atoms with Crippen molar-refractivity contribution in [2.24, 2.45) is 11.7 Å². The number of nitrogens with one attached hydrogen (secondary N) is 1. The molecule has 1 aromatic heterocycles. The monoisotopic (exact) mass is 224 g/mol. The second kappa shape index (κ2) is 5.65. The molecule has 1 heterocycles. The van der Waals surface area contributed by atoms with E-state index in [0.717, 1.165) is 6.54 Å². The summed E-state index contributed by atoms with van der Waals surface area (Å²) in [4.78, 5) is 11.7. The number of aryl methyl sites for hydroxylation is 1. The quantitative estimate of drug-likeness (QED) is 0.789. The van der Waals surface area contributed by atoms with Gasteiger partial charge in [-0.25, -0.2) is 0 Å². The minimum Gasteiger partial charge on any atom is -0.322 e. The highest BCUT2D eigenvalue weighted by atomic mass is 16.2. The number of nitrogens with zero attached hydrogens (tertiary/aromatic N) is 2.